The van der Waals surface area contributed by atoms with Gasteiger partial charge in [-0.1, -0.05) is 38.5 Å². The van der Waals surface area contributed by atoms with Gasteiger partial charge in [-0.15, -0.1) is 0 Å². The van der Waals surface area contributed by atoms with Crippen LogP contribution in [0.3, 0.4) is 0 Å². The van der Waals surface area contributed by atoms with Crippen LogP contribution in [0, 0.1) is 11.3 Å². The first kappa shape index (κ1) is 14.8. The molecule has 2 aliphatic rings. The Hall–Kier alpha value is -0.570. The normalized spacial score (nSPS) is 24.1. The molecule has 0 unspecified atom stereocenters. The van der Waals surface area contributed by atoms with Gasteiger partial charge in [0.15, 0.2) is 0 Å². The molecule has 0 aromatic rings. The smallest absolute Gasteiger partial charge is 0.229 e. The molecule has 0 aromatic carbocycles. The maximum Gasteiger partial charge on any atom is 0.229 e. The molecule has 0 aromatic heterocycles. The summed E-state index contributed by atoms with van der Waals surface area (Å²) in [5.41, 5.74) is 5.73. The second-order valence-electron chi connectivity index (χ2n) is 6.73. The average Bonchev–Trinajstić information content (AvgIpc) is 2.48. The molecule has 19 heavy (non-hydrogen) atoms. The maximum absolute atomic E-state index is 12.8. The third-order valence-electron chi connectivity index (χ3n) is 5.26. The molecule has 1 amide bonds. The van der Waals surface area contributed by atoms with Gasteiger partial charge in [0.1, 0.15) is 0 Å². The van der Waals surface area contributed by atoms with Gasteiger partial charge in [-0.05, 0) is 31.6 Å². The lowest BCUT2D eigenvalue weighted by Gasteiger charge is -2.39. The Morgan fingerprint density at radius 3 is 2.26 bits per heavy atom. The first-order valence-corrected chi connectivity index (χ1v) is 8.13. The minimum Gasteiger partial charge on any atom is -0.345 e. The zero-order chi connectivity index (χ0) is 13.7. The molecule has 3 heteroatoms. The van der Waals surface area contributed by atoms with Crippen molar-refractivity contribution in [1.29, 1.82) is 0 Å². The molecule has 2 rings (SSSR count). The van der Waals surface area contributed by atoms with E-state index < -0.39 is 0 Å². The number of nitrogens with zero attached hydrogens (tertiary/aromatic N) is 1. The molecule has 2 N–H and O–H groups in total. The van der Waals surface area contributed by atoms with E-state index in [-0.39, 0.29) is 5.41 Å². The number of carbonyl (C=O) groups is 1. The molecular weight excluding hydrogens is 236 g/mol. The number of rotatable bonds is 4. The van der Waals surface area contributed by atoms with Crippen LogP contribution in [0.25, 0.3) is 0 Å². The van der Waals surface area contributed by atoms with Gasteiger partial charge >= 0.3 is 0 Å². The van der Waals surface area contributed by atoms with Crippen molar-refractivity contribution in [3.8, 4) is 0 Å². The highest BCUT2D eigenvalue weighted by molar-refractivity contribution is 5.83. The fraction of sp³-hybridized carbons (Fsp3) is 0.938. The van der Waals surface area contributed by atoms with Gasteiger partial charge in [0.2, 0.25) is 5.91 Å². The van der Waals surface area contributed by atoms with Crippen LogP contribution < -0.4 is 5.73 Å². The fourth-order valence-electron chi connectivity index (χ4n) is 3.98. The fourth-order valence-corrected chi connectivity index (χ4v) is 3.98. The Bertz CT molecular complexity index is 291. The zero-order valence-corrected chi connectivity index (χ0v) is 12.5. The van der Waals surface area contributed by atoms with E-state index in [1.165, 1.54) is 51.4 Å². The highest BCUT2D eigenvalue weighted by Gasteiger charge is 2.40. The highest BCUT2D eigenvalue weighted by atomic mass is 16.2. The molecule has 2 fully saturated rings. The molecule has 110 valence electrons. The topological polar surface area (TPSA) is 46.3 Å². The molecular formula is C16H30N2O. The molecule has 2 saturated carbocycles. The van der Waals surface area contributed by atoms with Gasteiger partial charge in [0.25, 0.3) is 0 Å². The molecule has 0 spiro atoms. The number of hydrogen-bond acceptors (Lipinski definition) is 2. The summed E-state index contributed by atoms with van der Waals surface area (Å²) in [5.74, 6) is 1.04. The summed E-state index contributed by atoms with van der Waals surface area (Å²) in [4.78, 5) is 14.8. The molecule has 0 atom stereocenters. The van der Waals surface area contributed by atoms with Crippen molar-refractivity contribution >= 4 is 5.91 Å². The minimum atomic E-state index is -0.234. The van der Waals surface area contributed by atoms with Crippen LogP contribution in [0.4, 0.5) is 0 Å². The molecule has 0 aliphatic heterocycles. The Morgan fingerprint density at radius 1 is 1.11 bits per heavy atom. The van der Waals surface area contributed by atoms with Gasteiger partial charge in [-0.3, -0.25) is 4.79 Å². The molecule has 0 bridgehead atoms. The summed E-state index contributed by atoms with van der Waals surface area (Å²) in [5, 5.41) is 0. The molecule has 2 aliphatic carbocycles. The minimum absolute atomic E-state index is 0.234. The summed E-state index contributed by atoms with van der Waals surface area (Å²) in [6.45, 7) is 1.47. The Balaban J connectivity index is 1.92. The summed E-state index contributed by atoms with van der Waals surface area (Å²) in [6.07, 6.45) is 12.3. The highest BCUT2D eigenvalue weighted by Crippen LogP contribution is 2.37. The van der Waals surface area contributed by atoms with Crippen molar-refractivity contribution < 1.29 is 4.79 Å². The third kappa shape index (κ3) is 3.50. The number of amides is 1. The number of nitrogens with two attached hydrogens (primary N) is 1. The predicted octanol–water partition coefficient (Wildman–Crippen LogP) is 2.93. The van der Waals surface area contributed by atoms with Crippen LogP contribution in [0.15, 0.2) is 0 Å². The lowest BCUT2D eigenvalue weighted by Crippen LogP contribution is -2.49. The van der Waals surface area contributed by atoms with Gasteiger partial charge in [0, 0.05) is 20.1 Å². The molecule has 3 nitrogen and oxygen atoms in total. The van der Waals surface area contributed by atoms with Crippen LogP contribution in [0.1, 0.15) is 64.2 Å². The quantitative estimate of drug-likeness (QED) is 0.850. The Morgan fingerprint density at radius 2 is 1.68 bits per heavy atom. The number of carbonyl (C=O) groups excluding carboxylic acids is 1. The van der Waals surface area contributed by atoms with E-state index in [0.29, 0.717) is 12.5 Å². The van der Waals surface area contributed by atoms with E-state index in [9.17, 15) is 4.79 Å². The Kier molecular flexibility index (Phi) is 5.26. The molecule has 0 heterocycles. The van der Waals surface area contributed by atoms with E-state index in [2.05, 4.69) is 0 Å². The summed E-state index contributed by atoms with van der Waals surface area (Å²) in [6, 6.07) is 0. The van der Waals surface area contributed by atoms with Gasteiger partial charge < -0.3 is 10.6 Å². The van der Waals surface area contributed by atoms with Gasteiger partial charge in [-0.2, -0.15) is 0 Å². The molecule has 0 radical (unpaired) electrons. The second kappa shape index (κ2) is 6.74. The van der Waals surface area contributed by atoms with Crippen LogP contribution in [0.5, 0.6) is 0 Å². The monoisotopic (exact) mass is 266 g/mol. The van der Waals surface area contributed by atoms with E-state index in [1.807, 2.05) is 11.9 Å². The predicted molar refractivity (Wildman–Crippen MR) is 78.8 cm³/mol. The first-order valence-electron chi connectivity index (χ1n) is 8.13. The van der Waals surface area contributed by atoms with Crippen LogP contribution in [0.2, 0.25) is 0 Å². The SMILES string of the molecule is CN(CC1CCCCC1)C(=O)C1(CN)CCCCC1. The maximum atomic E-state index is 12.8. The second-order valence-corrected chi connectivity index (χ2v) is 6.73. The van der Waals surface area contributed by atoms with Crippen molar-refractivity contribution in [3.05, 3.63) is 0 Å². The van der Waals surface area contributed by atoms with Crippen LogP contribution in [-0.2, 0) is 4.79 Å². The lowest BCUT2D eigenvalue weighted by molar-refractivity contribution is -0.143. The van der Waals surface area contributed by atoms with Crippen molar-refractivity contribution in [1.82, 2.24) is 4.90 Å². The first-order chi connectivity index (χ1) is 9.18. The van der Waals surface area contributed by atoms with E-state index in [4.69, 9.17) is 5.73 Å². The Labute approximate surface area is 117 Å². The van der Waals surface area contributed by atoms with Crippen LogP contribution in [-0.4, -0.2) is 30.9 Å². The van der Waals surface area contributed by atoms with E-state index >= 15 is 0 Å². The number of hydrogen-bond donors (Lipinski definition) is 1. The van der Waals surface area contributed by atoms with Crippen molar-refractivity contribution in [2.24, 2.45) is 17.1 Å². The van der Waals surface area contributed by atoms with Gasteiger partial charge in [-0.25, -0.2) is 0 Å². The standard InChI is InChI=1S/C16H30N2O/c1-18(12-14-8-4-2-5-9-14)15(19)16(13-17)10-6-3-7-11-16/h14H,2-13,17H2,1H3. The summed E-state index contributed by atoms with van der Waals surface area (Å²) in [7, 11) is 1.99. The third-order valence-corrected chi connectivity index (χ3v) is 5.26. The van der Waals surface area contributed by atoms with Gasteiger partial charge in [0.05, 0.1) is 5.41 Å². The largest absolute Gasteiger partial charge is 0.345 e. The average molecular weight is 266 g/mol. The van der Waals surface area contributed by atoms with Crippen molar-refractivity contribution in [2.45, 2.75) is 64.2 Å². The van der Waals surface area contributed by atoms with Crippen molar-refractivity contribution in [3.63, 3.8) is 0 Å². The summed E-state index contributed by atoms with van der Waals surface area (Å²) < 4.78 is 0. The summed E-state index contributed by atoms with van der Waals surface area (Å²) >= 11 is 0. The van der Waals surface area contributed by atoms with Crippen LogP contribution >= 0.6 is 0 Å². The lowest BCUT2D eigenvalue weighted by atomic mass is 9.73. The van der Waals surface area contributed by atoms with E-state index in [1.54, 1.807) is 0 Å². The zero-order valence-electron chi connectivity index (χ0n) is 12.5. The van der Waals surface area contributed by atoms with E-state index in [0.717, 1.165) is 25.3 Å². The molecule has 0 saturated heterocycles. The van der Waals surface area contributed by atoms with Crippen molar-refractivity contribution in [2.75, 3.05) is 20.1 Å².